The third-order valence-electron chi connectivity index (χ3n) is 2.88. The lowest BCUT2D eigenvalue weighted by Crippen LogP contribution is -2.26. The van der Waals surface area contributed by atoms with E-state index in [4.69, 9.17) is 5.73 Å². The monoisotopic (exact) mass is 295 g/mol. The van der Waals surface area contributed by atoms with Crippen molar-refractivity contribution in [1.29, 1.82) is 0 Å². The Bertz CT molecular complexity index is 526. The van der Waals surface area contributed by atoms with Gasteiger partial charge >= 0.3 is 6.18 Å². The molecule has 0 aliphatic rings. The summed E-state index contributed by atoms with van der Waals surface area (Å²) in [4.78, 5) is -0.664. The van der Waals surface area contributed by atoms with Gasteiger partial charge in [-0.05, 0) is 31.5 Å². The van der Waals surface area contributed by atoms with Gasteiger partial charge in [0.1, 0.15) is 0 Å². The number of sulfone groups is 1. The van der Waals surface area contributed by atoms with Gasteiger partial charge in [0.25, 0.3) is 0 Å². The third kappa shape index (κ3) is 3.48. The molecule has 0 fully saturated rings. The fourth-order valence-corrected chi connectivity index (χ4v) is 3.90. The lowest BCUT2D eigenvalue weighted by molar-refractivity contribution is -0.139. The summed E-state index contributed by atoms with van der Waals surface area (Å²) in [5.74, 6) is 0. The van der Waals surface area contributed by atoms with E-state index in [0.717, 1.165) is 12.1 Å². The largest absolute Gasteiger partial charge is 0.417 e. The fraction of sp³-hybridized carbons (Fsp3) is 0.500. The van der Waals surface area contributed by atoms with Crippen molar-refractivity contribution in [2.24, 2.45) is 5.73 Å². The van der Waals surface area contributed by atoms with Gasteiger partial charge in [-0.3, -0.25) is 0 Å². The van der Waals surface area contributed by atoms with Crippen molar-refractivity contribution in [1.82, 2.24) is 0 Å². The average molecular weight is 295 g/mol. The molecule has 0 amide bonds. The predicted molar refractivity (Wildman–Crippen MR) is 66.4 cm³/mol. The molecule has 0 saturated heterocycles. The summed E-state index contributed by atoms with van der Waals surface area (Å²) in [6.45, 7) is 1.74. The average Bonchev–Trinajstić information content (AvgIpc) is 2.34. The highest BCUT2D eigenvalue weighted by Gasteiger charge is 2.38. The molecule has 1 aromatic rings. The number of halogens is 3. The summed E-state index contributed by atoms with van der Waals surface area (Å²) in [5, 5.41) is -0.888. The molecule has 108 valence electrons. The number of hydrogen-bond acceptors (Lipinski definition) is 3. The molecule has 19 heavy (non-hydrogen) atoms. The number of rotatable bonds is 5. The van der Waals surface area contributed by atoms with Crippen molar-refractivity contribution in [2.75, 3.05) is 6.54 Å². The summed E-state index contributed by atoms with van der Waals surface area (Å²) >= 11 is 0. The molecule has 0 saturated carbocycles. The van der Waals surface area contributed by atoms with Crippen LogP contribution in [0, 0.1) is 0 Å². The zero-order chi connectivity index (χ0) is 14.7. The van der Waals surface area contributed by atoms with Gasteiger partial charge in [-0.1, -0.05) is 19.1 Å². The molecule has 1 aromatic carbocycles. The van der Waals surface area contributed by atoms with E-state index in [9.17, 15) is 21.6 Å². The molecule has 0 aliphatic heterocycles. The van der Waals surface area contributed by atoms with Gasteiger partial charge in [-0.15, -0.1) is 0 Å². The van der Waals surface area contributed by atoms with Crippen LogP contribution in [0.15, 0.2) is 29.2 Å². The van der Waals surface area contributed by atoms with E-state index in [0.29, 0.717) is 0 Å². The first kappa shape index (κ1) is 16.0. The molecular formula is C12H16F3NO2S. The second-order valence-corrected chi connectivity index (χ2v) is 6.34. The maximum Gasteiger partial charge on any atom is 0.417 e. The molecule has 0 aliphatic carbocycles. The number of alkyl halides is 3. The maximum absolute atomic E-state index is 12.8. The summed E-state index contributed by atoms with van der Waals surface area (Å²) < 4.78 is 63.1. The highest BCUT2D eigenvalue weighted by atomic mass is 32.2. The van der Waals surface area contributed by atoms with E-state index in [-0.39, 0.29) is 19.4 Å². The zero-order valence-corrected chi connectivity index (χ0v) is 11.3. The number of nitrogens with two attached hydrogens (primary N) is 1. The SMILES string of the molecule is CCC(CCN)S(=O)(=O)c1ccccc1C(F)(F)F. The molecule has 0 bridgehead atoms. The van der Waals surface area contributed by atoms with Crippen LogP contribution in [0.5, 0.6) is 0 Å². The van der Waals surface area contributed by atoms with E-state index >= 15 is 0 Å². The maximum atomic E-state index is 12.8. The van der Waals surface area contributed by atoms with Crippen molar-refractivity contribution in [3.05, 3.63) is 29.8 Å². The van der Waals surface area contributed by atoms with E-state index < -0.39 is 31.7 Å². The first-order valence-corrected chi connectivity index (χ1v) is 7.40. The molecule has 0 aromatic heterocycles. The third-order valence-corrected chi connectivity index (χ3v) is 5.30. The van der Waals surface area contributed by atoms with E-state index in [1.54, 1.807) is 6.92 Å². The Balaban J connectivity index is 3.37. The van der Waals surface area contributed by atoms with Crippen LogP contribution in [-0.2, 0) is 16.0 Å². The van der Waals surface area contributed by atoms with Crippen LogP contribution in [0.25, 0.3) is 0 Å². The minimum absolute atomic E-state index is 0.117. The predicted octanol–water partition coefficient (Wildman–Crippen LogP) is 2.61. The van der Waals surface area contributed by atoms with Crippen LogP contribution < -0.4 is 5.73 Å². The molecule has 3 nitrogen and oxygen atoms in total. The minimum Gasteiger partial charge on any atom is -0.330 e. The first-order valence-electron chi connectivity index (χ1n) is 5.85. The van der Waals surface area contributed by atoms with Crippen LogP contribution in [0.2, 0.25) is 0 Å². The van der Waals surface area contributed by atoms with E-state index in [2.05, 4.69) is 0 Å². The lowest BCUT2D eigenvalue weighted by atomic mass is 10.2. The summed E-state index contributed by atoms with van der Waals surface area (Å²) in [6.07, 6.45) is -4.32. The van der Waals surface area contributed by atoms with Gasteiger partial charge in [0.05, 0.1) is 15.7 Å². The smallest absolute Gasteiger partial charge is 0.330 e. The van der Waals surface area contributed by atoms with Crippen molar-refractivity contribution in [3.8, 4) is 0 Å². The van der Waals surface area contributed by atoms with Crippen molar-refractivity contribution >= 4 is 9.84 Å². The van der Waals surface area contributed by atoms with E-state index in [1.165, 1.54) is 12.1 Å². The van der Waals surface area contributed by atoms with Crippen LogP contribution in [0.3, 0.4) is 0 Å². The topological polar surface area (TPSA) is 60.2 Å². The second-order valence-electron chi connectivity index (χ2n) is 4.15. The van der Waals surface area contributed by atoms with Gasteiger partial charge in [-0.2, -0.15) is 13.2 Å². The Morgan fingerprint density at radius 2 is 1.84 bits per heavy atom. The summed E-state index contributed by atoms with van der Waals surface area (Å²) in [6, 6.07) is 4.24. The standard InChI is InChI=1S/C12H16F3NO2S/c1-2-9(7-8-16)19(17,18)11-6-4-3-5-10(11)12(13,14)15/h3-6,9H,2,7-8,16H2,1H3. The molecule has 0 radical (unpaired) electrons. The second kappa shape index (κ2) is 5.92. The van der Waals surface area contributed by atoms with Gasteiger partial charge in [0.2, 0.25) is 0 Å². The Morgan fingerprint density at radius 3 is 2.32 bits per heavy atom. The zero-order valence-electron chi connectivity index (χ0n) is 10.4. The normalized spacial score (nSPS) is 14.4. The number of hydrogen-bond donors (Lipinski definition) is 1. The van der Waals surface area contributed by atoms with Gasteiger partial charge < -0.3 is 5.73 Å². The Hall–Kier alpha value is -1.08. The number of benzene rings is 1. The van der Waals surface area contributed by atoms with Crippen molar-refractivity contribution in [2.45, 2.75) is 36.1 Å². The summed E-state index contributed by atoms with van der Waals surface area (Å²) in [7, 11) is -4.03. The Morgan fingerprint density at radius 1 is 1.26 bits per heavy atom. The molecule has 7 heteroatoms. The Kier molecular flexibility index (Phi) is 4.98. The minimum atomic E-state index is -4.69. The molecular weight excluding hydrogens is 279 g/mol. The first-order chi connectivity index (χ1) is 8.75. The van der Waals surface area contributed by atoms with Gasteiger partial charge in [-0.25, -0.2) is 8.42 Å². The van der Waals surface area contributed by atoms with Crippen LogP contribution in [-0.4, -0.2) is 20.2 Å². The van der Waals surface area contributed by atoms with Crippen molar-refractivity contribution < 1.29 is 21.6 Å². The highest BCUT2D eigenvalue weighted by Crippen LogP contribution is 2.35. The van der Waals surface area contributed by atoms with Crippen LogP contribution >= 0.6 is 0 Å². The lowest BCUT2D eigenvalue weighted by Gasteiger charge is -2.18. The van der Waals surface area contributed by atoms with Gasteiger partial charge in [0.15, 0.2) is 9.84 Å². The highest BCUT2D eigenvalue weighted by molar-refractivity contribution is 7.92. The van der Waals surface area contributed by atoms with Gasteiger partial charge in [0, 0.05) is 0 Å². The molecule has 0 heterocycles. The fourth-order valence-electron chi connectivity index (χ4n) is 1.89. The molecule has 0 spiro atoms. The van der Waals surface area contributed by atoms with Crippen LogP contribution in [0.1, 0.15) is 25.3 Å². The van der Waals surface area contributed by atoms with Crippen LogP contribution in [0.4, 0.5) is 13.2 Å². The quantitative estimate of drug-likeness (QED) is 0.908. The summed E-state index contributed by atoms with van der Waals surface area (Å²) in [5.41, 5.74) is 4.20. The molecule has 2 N–H and O–H groups in total. The molecule has 1 atom stereocenters. The molecule has 1 unspecified atom stereocenters. The van der Waals surface area contributed by atoms with Crippen molar-refractivity contribution in [3.63, 3.8) is 0 Å². The molecule has 1 rings (SSSR count). The Labute approximate surface area is 110 Å². The van der Waals surface area contributed by atoms with E-state index in [1.807, 2.05) is 0 Å².